The van der Waals surface area contributed by atoms with Crippen LogP contribution in [0.1, 0.15) is 40.5 Å². The fourth-order valence-corrected chi connectivity index (χ4v) is 2.41. The summed E-state index contributed by atoms with van der Waals surface area (Å²) in [5.74, 6) is -0.592. The molecule has 0 aliphatic carbocycles. The molecule has 0 saturated heterocycles. The number of rotatable bonds is 5. The first-order valence-electron chi connectivity index (χ1n) is 8.40. The Bertz CT molecular complexity index is 981. The van der Waals surface area contributed by atoms with Gasteiger partial charge in [0.15, 0.2) is 5.76 Å². The first-order chi connectivity index (χ1) is 13.0. The first kappa shape index (κ1) is 18.4. The van der Waals surface area contributed by atoms with Crippen LogP contribution >= 0.6 is 0 Å². The molecular weight excluding hydrogens is 348 g/mol. The summed E-state index contributed by atoms with van der Waals surface area (Å²) in [5, 5.41) is 0.664. The van der Waals surface area contributed by atoms with Gasteiger partial charge in [0.05, 0.1) is 22.9 Å². The van der Waals surface area contributed by atoms with Crippen molar-refractivity contribution < 1.29 is 18.7 Å². The molecule has 1 aromatic carbocycles. The molecule has 0 unspecified atom stereocenters. The van der Waals surface area contributed by atoms with Crippen molar-refractivity contribution in [3.05, 3.63) is 59.7 Å². The lowest BCUT2D eigenvalue weighted by Crippen LogP contribution is -2.41. The number of ether oxygens (including phenoxy) is 1. The van der Waals surface area contributed by atoms with Gasteiger partial charge in [-0.15, -0.1) is 0 Å². The number of nitrogens with one attached hydrogen (secondary N) is 2. The molecule has 0 aliphatic heterocycles. The van der Waals surface area contributed by atoms with E-state index in [0.717, 1.165) is 0 Å². The minimum absolute atomic E-state index is 0.0488. The number of aromatic nitrogens is 1. The summed E-state index contributed by atoms with van der Waals surface area (Å²) in [6.07, 6.45) is 1.42. The van der Waals surface area contributed by atoms with Gasteiger partial charge in [-0.2, -0.15) is 0 Å². The molecule has 8 nitrogen and oxygen atoms in total. The lowest BCUT2D eigenvalue weighted by molar-refractivity contribution is 0.0534. The fraction of sp³-hybridized carbons (Fsp3) is 0.211. The van der Waals surface area contributed by atoms with Crippen LogP contribution in [0.4, 0.5) is 5.69 Å². The number of benzene rings is 1. The molecule has 4 N–H and O–H groups in total. The highest BCUT2D eigenvalue weighted by Crippen LogP contribution is 2.22. The van der Waals surface area contributed by atoms with Crippen LogP contribution in [0.25, 0.3) is 10.9 Å². The molecule has 2 heterocycles. The zero-order valence-electron chi connectivity index (χ0n) is 15.0. The van der Waals surface area contributed by atoms with E-state index in [1.165, 1.54) is 12.3 Å². The maximum absolute atomic E-state index is 12.3. The summed E-state index contributed by atoms with van der Waals surface area (Å²) < 4.78 is 10.8. The molecule has 2 amide bonds. The minimum Gasteiger partial charge on any atom is -0.453 e. The number of hydrogen-bond donors (Lipinski definition) is 3. The fourth-order valence-electron chi connectivity index (χ4n) is 2.41. The number of para-hydroxylation sites is 1. The molecule has 0 saturated carbocycles. The Morgan fingerprint density at radius 1 is 1.15 bits per heavy atom. The van der Waals surface area contributed by atoms with E-state index in [1.807, 2.05) is 19.9 Å². The highest BCUT2D eigenvalue weighted by atomic mass is 16.5. The highest BCUT2D eigenvalue weighted by molar-refractivity contribution is 6.06. The molecule has 3 rings (SSSR count). The van der Waals surface area contributed by atoms with Crippen LogP contribution in [0.15, 0.2) is 47.0 Å². The van der Waals surface area contributed by atoms with E-state index >= 15 is 0 Å². The lowest BCUT2D eigenvalue weighted by atomic mass is 10.1. The largest absolute Gasteiger partial charge is 0.453 e. The van der Waals surface area contributed by atoms with Gasteiger partial charge in [-0.1, -0.05) is 18.2 Å². The van der Waals surface area contributed by atoms with Crippen LogP contribution in [0.5, 0.6) is 0 Å². The molecule has 0 radical (unpaired) electrons. The number of carbonyl (C=O) groups excluding carboxylic acids is 2. The van der Waals surface area contributed by atoms with E-state index in [1.54, 1.807) is 24.3 Å². The Morgan fingerprint density at radius 3 is 2.67 bits per heavy atom. The second-order valence-corrected chi connectivity index (χ2v) is 6.14. The Hall–Kier alpha value is -3.39. The second-order valence-electron chi connectivity index (χ2n) is 6.14. The van der Waals surface area contributed by atoms with Crippen molar-refractivity contribution in [3.8, 4) is 0 Å². The maximum atomic E-state index is 12.3. The van der Waals surface area contributed by atoms with Gasteiger partial charge in [0.2, 0.25) is 0 Å². The summed E-state index contributed by atoms with van der Waals surface area (Å²) in [4.78, 5) is 28.7. The molecule has 3 aromatic rings. The Balaban J connectivity index is 1.64. The zero-order valence-corrected chi connectivity index (χ0v) is 15.0. The molecule has 140 valence electrons. The molecule has 0 spiro atoms. The third-order valence-corrected chi connectivity index (χ3v) is 3.80. The summed E-state index contributed by atoms with van der Waals surface area (Å²) in [6.45, 7) is 4.06. The Morgan fingerprint density at radius 2 is 1.89 bits per heavy atom. The van der Waals surface area contributed by atoms with Crippen LogP contribution in [0.3, 0.4) is 0 Å². The molecular formula is C19H20N4O4. The monoisotopic (exact) mass is 368 g/mol. The van der Waals surface area contributed by atoms with Gasteiger partial charge >= 0.3 is 5.91 Å². The van der Waals surface area contributed by atoms with Crippen molar-refractivity contribution >= 4 is 28.4 Å². The molecule has 0 aliphatic rings. The van der Waals surface area contributed by atoms with E-state index in [9.17, 15) is 9.59 Å². The third-order valence-electron chi connectivity index (χ3n) is 3.80. The number of nitrogens with zero attached hydrogens (tertiary/aromatic N) is 1. The Labute approximate surface area is 155 Å². The number of amides is 2. The normalized spacial score (nSPS) is 10.9. The van der Waals surface area contributed by atoms with Crippen molar-refractivity contribution in [2.24, 2.45) is 0 Å². The van der Waals surface area contributed by atoms with Gasteiger partial charge in [-0.25, -0.2) is 0 Å². The van der Waals surface area contributed by atoms with E-state index < -0.39 is 11.8 Å². The summed E-state index contributed by atoms with van der Waals surface area (Å²) in [5.41, 5.74) is 11.8. The number of hydrazine groups is 1. The molecule has 2 aromatic heterocycles. The van der Waals surface area contributed by atoms with Gasteiger partial charge in [-0.05, 0) is 32.0 Å². The highest BCUT2D eigenvalue weighted by Gasteiger charge is 2.16. The number of nitrogen functional groups attached to an aromatic ring is 1. The zero-order chi connectivity index (χ0) is 19.4. The number of pyridine rings is 1. The van der Waals surface area contributed by atoms with Gasteiger partial charge in [0.1, 0.15) is 12.4 Å². The van der Waals surface area contributed by atoms with E-state index in [0.29, 0.717) is 22.4 Å². The Kier molecular flexibility index (Phi) is 5.37. The van der Waals surface area contributed by atoms with Gasteiger partial charge < -0.3 is 14.9 Å². The number of hydrogen-bond acceptors (Lipinski definition) is 6. The van der Waals surface area contributed by atoms with Crippen LogP contribution in [-0.2, 0) is 11.3 Å². The topological polar surface area (TPSA) is 119 Å². The molecule has 8 heteroatoms. The van der Waals surface area contributed by atoms with Crippen molar-refractivity contribution in [1.29, 1.82) is 0 Å². The summed E-state index contributed by atoms with van der Waals surface area (Å²) in [6, 6.07) is 10.4. The molecule has 0 atom stereocenters. The second kappa shape index (κ2) is 7.88. The van der Waals surface area contributed by atoms with Crippen molar-refractivity contribution in [2.75, 3.05) is 5.73 Å². The van der Waals surface area contributed by atoms with E-state index in [2.05, 4.69) is 15.8 Å². The van der Waals surface area contributed by atoms with Gasteiger partial charge in [0, 0.05) is 11.6 Å². The number of fused-ring (bicyclic) bond motifs is 1. The quantitative estimate of drug-likeness (QED) is 0.595. The van der Waals surface area contributed by atoms with Crippen LogP contribution in [0, 0.1) is 0 Å². The van der Waals surface area contributed by atoms with Crippen molar-refractivity contribution in [2.45, 2.75) is 26.6 Å². The van der Waals surface area contributed by atoms with Crippen LogP contribution in [-0.4, -0.2) is 22.9 Å². The molecule has 0 fully saturated rings. The van der Waals surface area contributed by atoms with Crippen LogP contribution < -0.4 is 16.6 Å². The lowest BCUT2D eigenvalue weighted by Gasteiger charge is -2.09. The van der Waals surface area contributed by atoms with Gasteiger partial charge in [0.25, 0.3) is 5.91 Å². The number of nitrogens with two attached hydrogens (primary N) is 1. The average molecular weight is 368 g/mol. The van der Waals surface area contributed by atoms with Crippen LogP contribution in [0.2, 0.25) is 0 Å². The predicted molar refractivity (Wildman–Crippen MR) is 99.7 cm³/mol. The number of carbonyl (C=O) groups is 2. The SMILES string of the molecule is CC(C)OCc1ccc(C(=O)NNC(=O)c2cnc3ccccc3c2N)o1. The average Bonchev–Trinajstić information content (AvgIpc) is 3.14. The number of anilines is 1. The molecule has 0 bridgehead atoms. The summed E-state index contributed by atoms with van der Waals surface area (Å²) >= 11 is 0. The summed E-state index contributed by atoms with van der Waals surface area (Å²) in [7, 11) is 0. The third kappa shape index (κ3) is 4.24. The minimum atomic E-state index is -0.591. The van der Waals surface area contributed by atoms with Crippen molar-refractivity contribution in [1.82, 2.24) is 15.8 Å². The standard InChI is InChI=1S/C19H20N4O4/c1-11(2)26-10-12-7-8-16(27-12)19(25)23-22-18(24)14-9-21-15-6-4-3-5-13(15)17(14)20/h3-9,11H,10H2,1-2H3,(H2,20,21)(H,22,24)(H,23,25). The van der Waals surface area contributed by atoms with E-state index in [4.69, 9.17) is 14.9 Å². The first-order valence-corrected chi connectivity index (χ1v) is 8.40. The predicted octanol–water partition coefficient (Wildman–Crippen LogP) is 2.41. The van der Waals surface area contributed by atoms with Gasteiger partial charge in [-0.3, -0.25) is 25.4 Å². The molecule has 27 heavy (non-hydrogen) atoms. The van der Waals surface area contributed by atoms with Crippen molar-refractivity contribution in [3.63, 3.8) is 0 Å². The maximum Gasteiger partial charge on any atom is 0.305 e. The smallest absolute Gasteiger partial charge is 0.305 e. The van der Waals surface area contributed by atoms with E-state index in [-0.39, 0.29) is 24.0 Å². The number of furan rings is 1.